The molecule has 3 atom stereocenters. The monoisotopic (exact) mass is 364 g/mol. The van der Waals surface area contributed by atoms with Gasteiger partial charge in [-0.3, -0.25) is 9.59 Å². The summed E-state index contributed by atoms with van der Waals surface area (Å²) < 4.78 is 0. The molecule has 27 heavy (non-hydrogen) atoms. The van der Waals surface area contributed by atoms with E-state index in [9.17, 15) is 9.59 Å². The zero-order chi connectivity index (χ0) is 19.8. The van der Waals surface area contributed by atoms with Crippen LogP contribution in [0.15, 0.2) is 60.7 Å². The molecule has 0 radical (unpaired) electrons. The standard InChI is InChI=1S/C23H28N2O2/c1-16(18-12-8-6-9-13-18)24-20(26)17(2)25(22(24)23(3,4)5)21(27)19-14-10-7-11-15-19/h6-17,22H,1-5H3/t16-,17+,22+/m1/s1. The fraction of sp³-hybridized carbons (Fsp3) is 0.391. The Bertz CT molecular complexity index is 811. The molecule has 2 aromatic rings. The quantitative estimate of drug-likeness (QED) is 0.805. The second kappa shape index (κ2) is 7.18. The van der Waals surface area contributed by atoms with Crippen molar-refractivity contribution >= 4 is 11.8 Å². The molecule has 0 aliphatic carbocycles. The molecule has 0 unspecified atom stereocenters. The van der Waals surface area contributed by atoms with Crippen molar-refractivity contribution in [2.75, 3.05) is 0 Å². The Morgan fingerprint density at radius 3 is 2.00 bits per heavy atom. The van der Waals surface area contributed by atoms with E-state index in [0.29, 0.717) is 5.56 Å². The molecule has 1 saturated heterocycles. The zero-order valence-electron chi connectivity index (χ0n) is 16.7. The van der Waals surface area contributed by atoms with E-state index in [0.717, 1.165) is 5.56 Å². The molecule has 0 N–H and O–H groups in total. The van der Waals surface area contributed by atoms with Crippen LogP contribution in [0.1, 0.15) is 56.6 Å². The van der Waals surface area contributed by atoms with E-state index in [1.54, 1.807) is 4.90 Å². The summed E-state index contributed by atoms with van der Waals surface area (Å²) in [5, 5.41) is 0. The molecule has 1 aliphatic heterocycles. The van der Waals surface area contributed by atoms with Gasteiger partial charge in [0.25, 0.3) is 5.91 Å². The van der Waals surface area contributed by atoms with Gasteiger partial charge in [0.2, 0.25) is 5.91 Å². The van der Waals surface area contributed by atoms with Gasteiger partial charge in [0.05, 0.1) is 6.04 Å². The first kappa shape index (κ1) is 19.2. The molecule has 2 aromatic carbocycles. The molecule has 4 nitrogen and oxygen atoms in total. The van der Waals surface area contributed by atoms with E-state index in [4.69, 9.17) is 0 Å². The second-order valence-electron chi connectivity index (χ2n) is 8.33. The summed E-state index contributed by atoms with van der Waals surface area (Å²) >= 11 is 0. The number of amides is 2. The highest BCUT2D eigenvalue weighted by atomic mass is 16.2. The van der Waals surface area contributed by atoms with E-state index < -0.39 is 6.04 Å². The summed E-state index contributed by atoms with van der Waals surface area (Å²) in [4.78, 5) is 30.2. The third kappa shape index (κ3) is 3.48. The lowest BCUT2D eigenvalue weighted by Gasteiger charge is -2.42. The van der Waals surface area contributed by atoms with Gasteiger partial charge in [-0.05, 0) is 31.5 Å². The van der Waals surface area contributed by atoms with Crippen LogP contribution in [-0.4, -0.2) is 33.8 Å². The van der Waals surface area contributed by atoms with Crippen molar-refractivity contribution in [1.29, 1.82) is 0 Å². The lowest BCUT2D eigenvalue weighted by atomic mass is 9.89. The topological polar surface area (TPSA) is 40.6 Å². The van der Waals surface area contributed by atoms with E-state index >= 15 is 0 Å². The van der Waals surface area contributed by atoms with Crippen molar-refractivity contribution in [3.63, 3.8) is 0 Å². The number of hydrogen-bond donors (Lipinski definition) is 0. The van der Waals surface area contributed by atoms with Crippen molar-refractivity contribution in [2.45, 2.75) is 52.9 Å². The van der Waals surface area contributed by atoms with Crippen molar-refractivity contribution in [2.24, 2.45) is 5.41 Å². The molecule has 0 aromatic heterocycles. The highest BCUT2D eigenvalue weighted by Crippen LogP contribution is 2.40. The van der Waals surface area contributed by atoms with E-state index in [1.165, 1.54) is 0 Å². The molecule has 0 saturated carbocycles. The molecule has 142 valence electrons. The first-order valence-corrected chi connectivity index (χ1v) is 9.48. The maximum Gasteiger partial charge on any atom is 0.256 e. The van der Waals surface area contributed by atoms with Gasteiger partial charge in [0.1, 0.15) is 12.2 Å². The maximum absolute atomic E-state index is 13.3. The largest absolute Gasteiger partial charge is 0.313 e. The van der Waals surface area contributed by atoms with Crippen LogP contribution in [-0.2, 0) is 4.79 Å². The third-order valence-electron chi connectivity index (χ3n) is 5.29. The van der Waals surface area contributed by atoms with Crippen molar-refractivity contribution in [1.82, 2.24) is 9.80 Å². The van der Waals surface area contributed by atoms with Crippen LogP contribution in [0.3, 0.4) is 0 Å². The zero-order valence-corrected chi connectivity index (χ0v) is 16.7. The van der Waals surface area contributed by atoms with Crippen molar-refractivity contribution in [3.8, 4) is 0 Å². The first-order valence-electron chi connectivity index (χ1n) is 9.48. The number of rotatable bonds is 3. The Kier molecular flexibility index (Phi) is 5.09. The number of benzene rings is 2. The molecule has 3 rings (SSSR count). The van der Waals surface area contributed by atoms with Gasteiger partial charge in [-0.2, -0.15) is 0 Å². The lowest BCUT2D eigenvalue weighted by Crippen LogP contribution is -2.51. The predicted octanol–water partition coefficient (Wildman–Crippen LogP) is 4.49. The molecule has 4 heteroatoms. The van der Waals surface area contributed by atoms with Gasteiger partial charge >= 0.3 is 0 Å². The number of carbonyl (C=O) groups is 2. The van der Waals surface area contributed by atoms with Crippen LogP contribution in [0.25, 0.3) is 0 Å². The minimum absolute atomic E-state index is 0.00411. The number of hydrogen-bond acceptors (Lipinski definition) is 2. The van der Waals surface area contributed by atoms with Gasteiger partial charge in [0.15, 0.2) is 0 Å². The predicted molar refractivity (Wildman–Crippen MR) is 107 cm³/mol. The molecular weight excluding hydrogens is 336 g/mol. The van der Waals surface area contributed by atoms with Crippen LogP contribution in [0.5, 0.6) is 0 Å². The molecule has 2 amide bonds. The van der Waals surface area contributed by atoms with Gasteiger partial charge in [0, 0.05) is 11.0 Å². The van der Waals surface area contributed by atoms with Crippen LogP contribution >= 0.6 is 0 Å². The summed E-state index contributed by atoms with van der Waals surface area (Å²) in [7, 11) is 0. The molecule has 1 aliphatic rings. The minimum Gasteiger partial charge on any atom is -0.313 e. The van der Waals surface area contributed by atoms with Gasteiger partial charge < -0.3 is 9.80 Å². The SMILES string of the molecule is C[C@H](c1ccccc1)N1C(=O)[C@H](C)N(C(=O)c2ccccc2)[C@H]1C(C)(C)C. The average molecular weight is 364 g/mol. The highest BCUT2D eigenvalue weighted by Gasteiger charge is 2.52. The molecular formula is C23H28N2O2. The summed E-state index contributed by atoms with van der Waals surface area (Å²) in [6.45, 7) is 10.1. The summed E-state index contributed by atoms with van der Waals surface area (Å²) in [5.74, 6) is -0.102. The van der Waals surface area contributed by atoms with Crippen LogP contribution in [0, 0.1) is 5.41 Å². The van der Waals surface area contributed by atoms with E-state index in [1.807, 2.05) is 79.4 Å². The Hall–Kier alpha value is -2.62. The highest BCUT2D eigenvalue weighted by molar-refractivity contribution is 5.99. The number of carbonyl (C=O) groups excluding carboxylic acids is 2. The van der Waals surface area contributed by atoms with E-state index in [-0.39, 0.29) is 29.4 Å². The van der Waals surface area contributed by atoms with Crippen LogP contribution in [0.4, 0.5) is 0 Å². The fourth-order valence-electron chi connectivity index (χ4n) is 3.95. The molecule has 1 heterocycles. The Balaban J connectivity index is 2.04. The molecule has 1 fully saturated rings. The normalized spacial score (nSPS) is 21.4. The maximum atomic E-state index is 13.3. The Labute approximate surface area is 161 Å². The number of nitrogens with zero attached hydrogens (tertiary/aromatic N) is 2. The van der Waals surface area contributed by atoms with Crippen molar-refractivity contribution < 1.29 is 9.59 Å². The molecule has 0 bridgehead atoms. The summed E-state index contributed by atoms with van der Waals surface area (Å²) in [6.07, 6.45) is -0.317. The van der Waals surface area contributed by atoms with Gasteiger partial charge in [-0.15, -0.1) is 0 Å². The average Bonchev–Trinajstić information content (AvgIpc) is 2.93. The van der Waals surface area contributed by atoms with Crippen LogP contribution in [0.2, 0.25) is 0 Å². The summed E-state index contributed by atoms with van der Waals surface area (Å²) in [6, 6.07) is 18.6. The first-order chi connectivity index (χ1) is 12.7. The van der Waals surface area contributed by atoms with Gasteiger partial charge in [-0.25, -0.2) is 0 Å². The van der Waals surface area contributed by atoms with Gasteiger partial charge in [-0.1, -0.05) is 69.3 Å². The Morgan fingerprint density at radius 1 is 0.963 bits per heavy atom. The smallest absolute Gasteiger partial charge is 0.256 e. The Morgan fingerprint density at radius 2 is 1.48 bits per heavy atom. The van der Waals surface area contributed by atoms with Crippen molar-refractivity contribution in [3.05, 3.63) is 71.8 Å². The third-order valence-corrected chi connectivity index (χ3v) is 5.29. The summed E-state index contributed by atoms with van der Waals surface area (Å²) in [5.41, 5.74) is 1.40. The fourth-order valence-corrected chi connectivity index (χ4v) is 3.95. The lowest BCUT2D eigenvalue weighted by molar-refractivity contribution is -0.133. The van der Waals surface area contributed by atoms with E-state index in [2.05, 4.69) is 20.8 Å². The van der Waals surface area contributed by atoms with Crippen LogP contribution < -0.4 is 0 Å². The minimum atomic E-state index is -0.493. The molecule has 0 spiro atoms. The second-order valence-corrected chi connectivity index (χ2v) is 8.33.